The molecule has 1 heterocycles. The Labute approximate surface area is 96.6 Å². The van der Waals surface area contributed by atoms with Gasteiger partial charge in [-0.3, -0.25) is 10.2 Å². The number of amides is 1. The Morgan fingerprint density at radius 1 is 1.31 bits per heavy atom. The van der Waals surface area contributed by atoms with Gasteiger partial charge >= 0.3 is 0 Å². The molecule has 16 heavy (non-hydrogen) atoms. The van der Waals surface area contributed by atoms with E-state index in [9.17, 15) is 4.79 Å². The first kappa shape index (κ1) is 13.4. The first-order valence-corrected chi connectivity index (χ1v) is 6.01. The van der Waals surface area contributed by atoms with Gasteiger partial charge in [0.1, 0.15) is 0 Å². The molecule has 0 radical (unpaired) electrons. The second-order valence-electron chi connectivity index (χ2n) is 4.06. The Kier molecular flexibility index (Phi) is 7.12. The number of hydrogen-bond donors (Lipinski definition) is 2. The molecule has 1 amide bonds. The maximum atomic E-state index is 10.8. The Morgan fingerprint density at radius 3 is 2.75 bits per heavy atom. The van der Waals surface area contributed by atoms with Crippen molar-refractivity contribution in [2.24, 2.45) is 5.84 Å². The monoisotopic (exact) mass is 230 g/mol. The lowest BCUT2D eigenvalue weighted by Crippen LogP contribution is -2.29. The highest BCUT2D eigenvalue weighted by molar-refractivity contribution is 5.74. The average molecular weight is 230 g/mol. The van der Waals surface area contributed by atoms with Gasteiger partial charge in [0, 0.05) is 26.2 Å². The van der Waals surface area contributed by atoms with Crippen LogP contribution in [-0.4, -0.2) is 31.8 Å². The Bertz CT molecular complexity index is 194. The largest absolute Gasteiger partial charge is 0.381 e. The quantitative estimate of drug-likeness (QED) is 0.293. The van der Waals surface area contributed by atoms with Gasteiger partial charge in [0.25, 0.3) is 0 Å². The number of nitrogens with two attached hydrogens (primary N) is 1. The topological polar surface area (TPSA) is 73.6 Å². The third-order valence-corrected chi connectivity index (χ3v) is 2.73. The summed E-state index contributed by atoms with van der Waals surface area (Å²) in [7, 11) is 0. The van der Waals surface area contributed by atoms with E-state index in [1.54, 1.807) is 0 Å². The second-order valence-corrected chi connectivity index (χ2v) is 4.06. The van der Waals surface area contributed by atoms with Gasteiger partial charge in [0.15, 0.2) is 0 Å². The van der Waals surface area contributed by atoms with E-state index in [-0.39, 0.29) is 5.91 Å². The SMILES string of the molecule is NNC(=O)CCCCCOC1CCOCC1. The zero-order valence-corrected chi connectivity index (χ0v) is 9.74. The molecule has 3 N–H and O–H groups in total. The summed E-state index contributed by atoms with van der Waals surface area (Å²) in [6, 6.07) is 0. The Morgan fingerprint density at radius 2 is 2.06 bits per heavy atom. The van der Waals surface area contributed by atoms with E-state index < -0.39 is 0 Å². The van der Waals surface area contributed by atoms with Crippen molar-refractivity contribution in [1.29, 1.82) is 0 Å². The minimum absolute atomic E-state index is 0.0923. The van der Waals surface area contributed by atoms with Crippen LogP contribution in [0.2, 0.25) is 0 Å². The van der Waals surface area contributed by atoms with Crippen LogP contribution in [0.3, 0.4) is 0 Å². The number of unbranched alkanes of at least 4 members (excludes halogenated alkanes) is 2. The molecule has 0 aromatic heterocycles. The van der Waals surface area contributed by atoms with Crippen molar-refractivity contribution in [3.63, 3.8) is 0 Å². The summed E-state index contributed by atoms with van der Waals surface area (Å²) in [5, 5.41) is 0. The van der Waals surface area contributed by atoms with Crippen molar-refractivity contribution in [1.82, 2.24) is 5.43 Å². The van der Waals surface area contributed by atoms with Crippen LogP contribution in [0, 0.1) is 0 Å². The van der Waals surface area contributed by atoms with Gasteiger partial charge in [0.05, 0.1) is 6.10 Å². The molecule has 0 unspecified atom stereocenters. The smallest absolute Gasteiger partial charge is 0.233 e. The number of nitrogens with one attached hydrogen (secondary N) is 1. The first-order valence-electron chi connectivity index (χ1n) is 6.01. The maximum Gasteiger partial charge on any atom is 0.233 e. The molecule has 0 saturated carbocycles. The molecule has 5 heteroatoms. The van der Waals surface area contributed by atoms with Gasteiger partial charge < -0.3 is 9.47 Å². The van der Waals surface area contributed by atoms with E-state index >= 15 is 0 Å². The van der Waals surface area contributed by atoms with Crippen molar-refractivity contribution >= 4 is 5.91 Å². The Balaban J connectivity index is 1.85. The molecular weight excluding hydrogens is 208 g/mol. The van der Waals surface area contributed by atoms with Crippen molar-refractivity contribution < 1.29 is 14.3 Å². The fourth-order valence-corrected chi connectivity index (χ4v) is 1.73. The van der Waals surface area contributed by atoms with Gasteiger partial charge in [0.2, 0.25) is 5.91 Å². The fourth-order valence-electron chi connectivity index (χ4n) is 1.73. The molecule has 1 fully saturated rings. The fraction of sp³-hybridized carbons (Fsp3) is 0.909. The Hall–Kier alpha value is -0.650. The van der Waals surface area contributed by atoms with Gasteiger partial charge in [-0.1, -0.05) is 6.42 Å². The van der Waals surface area contributed by atoms with Gasteiger partial charge in [-0.05, 0) is 25.7 Å². The van der Waals surface area contributed by atoms with E-state index in [1.165, 1.54) is 0 Å². The van der Waals surface area contributed by atoms with Crippen molar-refractivity contribution in [3.8, 4) is 0 Å². The van der Waals surface area contributed by atoms with Crippen LogP contribution in [-0.2, 0) is 14.3 Å². The molecule has 0 spiro atoms. The van der Waals surface area contributed by atoms with E-state index in [0.29, 0.717) is 12.5 Å². The lowest BCUT2D eigenvalue weighted by molar-refractivity contribution is -0.121. The van der Waals surface area contributed by atoms with Crippen LogP contribution in [0.1, 0.15) is 38.5 Å². The summed E-state index contributed by atoms with van der Waals surface area (Å²) in [4.78, 5) is 10.8. The van der Waals surface area contributed by atoms with Gasteiger partial charge in [-0.25, -0.2) is 5.84 Å². The molecule has 1 saturated heterocycles. The number of hydrogen-bond acceptors (Lipinski definition) is 4. The van der Waals surface area contributed by atoms with Crippen LogP contribution in [0.15, 0.2) is 0 Å². The molecule has 1 rings (SSSR count). The van der Waals surface area contributed by atoms with Crippen LogP contribution < -0.4 is 11.3 Å². The summed E-state index contributed by atoms with van der Waals surface area (Å²) < 4.78 is 11.0. The molecule has 0 bridgehead atoms. The van der Waals surface area contributed by atoms with Crippen LogP contribution in [0.5, 0.6) is 0 Å². The number of carbonyl (C=O) groups excluding carboxylic acids is 1. The number of carbonyl (C=O) groups is 1. The second kappa shape index (κ2) is 8.50. The molecule has 0 aromatic carbocycles. The lowest BCUT2D eigenvalue weighted by Gasteiger charge is -2.22. The summed E-state index contributed by atoms with van der Waals surface area (Å²) >= 11 is 0. The molecule has 1 aliphatic rings. The van der Waals surface area contributed by atoms with E-state index in [2.05, 4.69) is 5.43 Å². The van der Waals surface area contributed by atoms with Crippen molar-refractivity contribution in [3.05, 3.63) is 0 Å². The highest BCUT2D eigenvalue weighted by Crippen LogP contribution is 2.11. The number of ether oxygens (including phenoxy) is 2. The normalized spacial score (nSPS) is 17.3. The molecule has 0 atom stereocenters. The van der Waals surface area contributed by atoms with Gasteiger partial charge in [-0.15, -0.1) is 0 Å². The summed E-state index contributed by atoms with van der Waals surface area (Å²) in [6.45, 7) is 2.43. The third-order valence-electron chi connectivity index (χ3n) is 2.73. The average Bonchev–Trinajstić information content (AvgIpc) is 2.34. The summed E-state index contributed by atoms with van der Waals surface area (Å²) in [5.74, 6) is 4.88. The third kappa shape index (κ3) is 6.05. The van der Waals surface area contributed by atoms with Crippen LogP contribution in [0.25, 0.3) is 0 Å². The first-order chi connectivity index (χ1) is 7.83. The minimum atomic E-state index is -0.0923. The zero-order chi connectivity index (χ0) is 11.6. The van der Waals surface area contributed by atoms with E-state index in [0.717, 1.165) is 51.9 Å². The van der Waals surface area contributed by atoms with Crippen LogP contribution >= 0.6 is 0 Å². The predicted octanol–water partition coefficient (Wildman–Crippen LogP) is 0.732. The molecule has 1 aliphatic heterocycles. The van der Waals surface area contributed by atoms with Crippen molar-refractivity contribution in [2.75, 3.05) is 19.8 Å². The molecule has 0 aliphatic carbocycles. The zero-order valence-electron chi connectivity index (χ0n) is 9.74. The van der Waals surface area contributed by atoms with Crippen molar-refractivity contribution in [2.45, 2.75) is 44.6 Å². The summed E-state index contributed by atoms with van der Waals surface area (Å²) in [5.41, 5.74) is 2.12. The standard InChI is InChI=1S/C11H22N2O3/c12-13-11(14)4-2-1-3-7-16-10-5-8-15-9-6-10/h10H,1-9,12H2,(H,13,14). The van der Waals surface area contributed by atoms with Gasteiger partial charge in [-0.2, -0.15) is 0 Å². The number of rotatable bonds is 7. The molecule has 94 valence electrons. The van der Waals surface area contributed by atoms with Crippen LogP contribution in [0.4, 0.5) is 0 Å². The number of hydrazine groups is 1. The predicted molar refractivity (Wildman–Crippen MR) is 60.6 cm³/mol. The summed E-state index contributed by atoms with van der Waals surface area (Å²) in [6.07, 6.45) is 5.80. The maximum absolute atomic E-state index is 10.8. The van der Waals surface area contributed by atoms with E-state index in [4.69, 9.17) is 15.3 Å². The highest BCUT2D eigenvalue weighted by atomic mass is 16.5. The molecule has 5 nitrogen and oxygen atoms in total. The lowest BCUT2D eigenvalue weighted by atomic mass is 10.1. The van der Waals surface area contributed by atoms with E-state index in [1.807, 2.05) is 0 Å². The molecular formula is C11H22N2O3. The highest BCUT2D eigenvalue weighted by Gasteiger charge is 2.13. The minimum Gasteiger partial charge on any atom is -0.381 e. The molecule has 0 aromatic rings.